The summed E-state index contributed by atoms with van der Waals surface area (Å²) in [6.45, 7) is 2.46. The van der Waals surface area contributed by atoms with Crippen LogP contribution in [0.5, 0.6) is 11.5 Å². The number of hydrogen-bond acceptors (Lipinski definition) is 4. The first kappa shape index (κ1) is 16.9. The van der Waals surface area contributed by atoms with Gasteiger partial charge < -0.3 is 19.5 Å². The molecule has 0 spiro atoms. The van der Waals surface area contributed by atoms with E-state index in [2.05, 4.69) is 10.1 Å². The number of alkyl halides is 3. The normalized spacial score (nSPS) is 16.5. The maximum Gasteiger partial charge on any atom is 0.573 e. The van der Waals surface area contributed by atoms with Gasteiger partial charge in [-0.05, 0) is 50.0 Å². The Morgan fingerprint density at radius 2 is 1.91 bits per heavy atom. The van der Waals surface area contributed by atoms with Crippen molar-refractivity contribution in [3.05, 3.63) is 23.8 Å². The van der Waals surface area contributed by atoms with Crippen LogP contribution in [0.2, 0.25) is 0 Å². The molecule has 0 aromatic heterocycles. The second-order valence-corrected chi connectivity index (χ2v) is 5.11. The number of methoxy groups -OCH3 is 1. The highest BCUT2D eigenvalue weighted by Gasteiger charge is 2.31. The number of benzene rings is 1. The van der Waals surface area contributed by atoms with E-state index in [9.17, 15) is 13.2 Å². The van der Waals surface area contributed by atoms with Crippen molar-refractivity contribution < 1.29 is 27.4 Å². The molecule has 1 saturated heterocycles. The Morgan fingerprint density at radius 1 is 1.18 bits per heavy atom. The van der Waals surface area contributed by atoms with E-state index >= 15 is 0 Å². The van der Waals surface area contributed by atoms with Crippen LogP contribution in [0.3, 0.4) is 0 Å². The molecule has 1 aliphatic heterocycles. The van der Waals surface area contributed by atoms with E-state index in [0.717, 1.165) is 31.5 Å². The fourth-order valence-corrected chi connectivity index (χ4v) is 2.54. The van der Waals surface area contributed by atoms with E-state index in [1.165, 1.54) is 18.2 Å². The smallest absolute Gasteiger partial charge is 0.491 e. The van der Waals surface area contributed by atoms with Crippen LogP contribution in [0, 0.1) is 0 Å². The molecule has 1 fully saturated rings. The lowest BCUT2D eigenvalue weighted by Crippen LogP contribution is -2.27. The van der Waals surface area contributed by atoms with Gasteiger partial charge in [-0.15, -0.1) is 13.2 Å². The topological polar surface area (TPSA) is 39.7 Å². The lowest BCUT2D eigenvalue weighted by Gasteiger charge is -2.25. The average Bonchev–Trinajstić information content (AvgIpc) is 2.48. The standard InChI is InChI=1S/C15H20F3NO3/c1-20-8-9-21-14-3-2-12(22-15(16,17)18)10-13(14)11-4-6-19-7-5-11/h2-3,10-11,19H,4-9H2,1H3. The molecule has 4 nitrogen and oxygen atoms in total. The van der Waals surface area contributed by atoms with Crippen LogP contribution in [-0.4, -0.2) is 39.8 Å². The average molecular weight is 319 g/mol. The van der Waals surface area contributed by atoms with Gasteiger partial charge in [0, 0.05) is 12.7 Å². The molecule has 124 valence electrons. The molecule has 0 atom stereocenters. The molecular formula is C15H20F3NO3. The minimum absolute atomic E-state index is 0.163. The summed E-state index contributed by atoms with van der Waals surface area (Å²) in [6.07, 6.45) is -2.98. The summed E-state index contributed by atoms with van der Waals surface area (Å²) in [6, 6.07) is 4.25. The summed E-state index contributed by atoms with van der Waals surface area (Å²) < 4.78 is 51.7. The van der Waals surface area contributed by atoms with Crippen molar-refractivity contribution in [2.24, 2.45) is 0 Å². The summed E-state index contributed by atoms with van der Waals surface area (Å²) >= 11 is 0. The highest BCUT2D eigenvalue weighted by Crippen LogP contribution is 2.36. The maximum absolute atomic E-state index is 12.4. The van der Waals surface area contributed by atoms with Crippen LogP contribution in [0.15, 0.2) is 18.2 Å². The van der Waals surface area contributed by atoms with Crippen LogP contribution in [0.4, 0.5) is 13.2 Å². The Kier molecular flexibility index (Phi) is 5.90. The molecule has 0 radical (unpaired) electrons. The second kappa shape index (κ2) is 7.69. The first-order valence-corrected chi connectivity index (χ1v) is 7.22. The number of hydrogen-bond donors (Lipinski definition) is 1. The van der Waals surface area contributed by atoms with Crippen LogP contribution in [0.25, 0.3) is 0 Å². The van der Waals surface area contributed by atoms with Gasteiger partial charge in [0.15, 0.2) is 0 Å². The van der Waals surface area contributed by atoms with Gasteiger partial charge in [0.2, 0.25) is 0 Å². The molecule has 0 bridgehead atoms. The van der Waals surface area contributed by atoms with E-state index in [-0.39, 0.29) is 11.7 Å². The monoisotopic (exact) mass is 319 g/mol. The fraction of sp³-hybridized carbons (Fsp3) is 0.600. The van der Waals surface area contributed by atoms with Crippen LogP contribution < -0.4 is 14.8 Å². The molecule has 1 aliphatic rings. The third-order valence-electron chi connectivity index (χ3n) is 3.54. The van der Waals surface area contributed by atoms with Gasteiger partial charge in [0.25, 0.3) is 0 Å². The van der Waals surface area contributed by atoms with E-state index in [1.54, 1.807) is 7.11 Å². The predicted molar refractivity (Wildman–Crippen MR) is 75.3 cm³/mol. The molecule has 0 saturated carbocycles. The lowest BCUT2D eigenvalue weighted by molar-refractivity contribution is -0.274. The zero-order chi connectivity index (χ0) is 16.0. The SMILES string of the molecule is COCCOc1ccc(OC(F)(F)F)cc1C1CCNCC1. The number of piperidine rings is 1. The number of nitrogens with one attached hydrogen (secondary N) is 1. The third kappa shape index (κ3) is 5.06. The van der Waals surface area contributed by atoms with Gasteiger partial charge in [0.1, 0.15) is 18.1 Å². The van der Waals surface area contributed by atoms with Crippen molar-refractivity contribution in [2.45, 2.75) is 25.1 Å². The summed E-state index contributed by atoms with van der Waals surface area (Å²) in [7, 11) is 1.57. The summed E-state index contributed by atoms with van der Waals surface area (Å²) in [4.78, 5) is 0. The molecule has 22 heavy (non-hydrogen) atoms. The number of rotatable bonds is 6. The zero-order valence-electron chi connectivity index (χ0n) is 12.4. The summed E-state index contributed by atoms with van der Waals surface area (Å²) in [5, 5.41) is 3.24. The number of ether oxygens (including phenoxy) is 3. The van der Waals surface area contributed by atoms with Crippen molar-refractivity contribution in [1.82, 2.24) is 5.32 Å². The molecule has 1 aromatic rings. The first-order chi connectivity index (χ1) is 10.5. The Balaban J connectivity index is 2.19. The Hall–Kier alpha value is -1.47. The van der Waals surface area contributed by atoms with E-state index in [1.807, 2.05) is 0 Å². The number of halogens is 3. The van der Waals surface area contributed by atoms with E-state index in [0.29, 0.717) is 19.0 Å². The Bertz CT molecular complexity index is 474. The van der Waals surface area contributed by atoms with Crippen LogP contribution >= 0.6 is 0 Å². The lowest BCUT2D eigenvalue weighted by atomic mass is 9.89. The van der Waals surface area contributed by atoms with Crippen molar-refractivity contribution in [3.8, 4) is 11.5 Å². The zero-order valence-corrected chi connectivity index (χ0v) is 12.4. The Morgan fingerprint density at radius 3 is 2.55 bits per heavy atom. The van der Waals surface area contributed by atoms with Gasteiger partial charge in [-0.3, -0.25) is 0 Å². The van der Waals surface area contributed by atoms with Gasteiger partial charge in [-0.2, -0.15) is 0 Å². The second-order valence-electron chi connectivity index (χ2n) is 5.11. The minimum Gasteiger partial charge on any atom is -0.491 e. The van der Waals surface area contributed by atoms with Crippen LogP contribution in [-0.2, 0) is 4.74 Å². The highest BCUT2D eigenvalue weighted by atomic mass is 19.4. The summed E-state index contributed by atoms with van der Waals surface area (Å²) in [5.74, 6) is 0.550. The Labute approximate surface area is 127 Å². The van der Waals surface area contributed by atoms with Gasteiger partial charge in [-0.25, -0.2) is 0 Å². The largest absolute Gasteiger partial charge is 0.573 e. The molecule has 0 amide bonds. The predicted octanol–water partition coefficient (Wildman–Crippen LogP) is 3.08. The van der Waals surface area contributed by atoms with Crippen molar-refractivity contribution in [2.75, 3.05) is 33.4 Å². The first-order valence-electron chi connectivity index (χ1n) is 7.22. The maximum atomic E-state index is 12.4. The van der Waals surface area contributed by atoms with Crippen LogP contribution in [0.1, 0.15) is 24.3 Å². The van der Waals surface area contributed by atoms with Crippen molar-refractivity contribution >= 4 is 0 Å². The molecule has 0 aliphatic carbocycles. The van der Waals surface area contributed by atoms with Crippen molar-refractivity contribution in [1.29, 1.82) is 0 Å². The molecule has 7 heteroatoms. The van der Waals surface area contributed by atoms with Gasteiger partial charge >= 0.3 is 6.36 Å². The third-order valence-corrected chi connectivity index (χ3v) is 3.54. The molecule has 1 heterocycles. The van der Waals surface area contributed by atoms with Gasteiger partial charge in [0.05, 0.1) is 6.61 Å². The highest BCUT2D eigenvalue weighted by molar-refractivity contribution is 5.43. The minimum atomic E-state index is -4.69. The molecule has 1 aromatic carbocycles. The van der Waals surface area contributed by atoms with E-state index in [4.69, 9.17) is 9.47 Å². The van der Waals surface area contributed by atoms with E-state index < -0.39 is 6.36 Å². The molecule has 1 N–H and O–H groups in total. The molecular weight excluding hydrogens is 299 g/mol. The quantitative estimate of drug-likeness (QED) is 0.818. The molecule has 2 rings (SSSR count). The summed E-state index contributed by atoms with van der Waals surface area (Å²) in [5.41, 5.74) is 0.763. The fourth-order valence-electron chi connectivity index (χ4n) is 2.54. The molecule has 0 unspecified atom stereocenters. The van der Waals surface area contributed by atoms with Gasteiger partial charge in [-0.1, -0.05) is 0 Å². The van der Waals surface area contributed by atoms with Crippen molar-refractivity contribution in [3.63, 3.8) is 0 Å².